The molecule has 1 saturated carbocycles. The van der Waals surface area contributed by atoms with Crippen molar-refractivity contribution in [2.75, 3.05) is 0 Å². The Morgan fingerprint density at radius 2 is 2.08 bits per heavy atom. The summed E-state index contributed by atoms with van der Waals surface area (Å²) in [6.07, 6.45) is 7.68. The largest absolute Gasteiger partial charge is 0.299 e. The minimum absolute atomic E-state index is 0.290. The minimum atomic E-state index is 0.290. The predicted octanol–water partition coefficient (Wildman–Crippen LogP) is 3.49. The zero-order chi connectivity index (χ0) is 9.68. The molecule has 0 aliphatic heterocycles. The van der Waals surface area contributed by atoms with E-state index in [1.807, 2.05) is 6.92 Å². The molecule has 1 fully saturated rings. The summed E-state index contributed by atoms with van der Waals surface area (Å²) in [4.78, 5) is 11.7. The molecule has 0 unspecified atom stereocenters. The van der Waals surface area contributed by atoms with Gasteiger partial charge in [-0.15, -0.1) is 6.58 Å². The Kier molecular flexibility index (Phi) is 4.20. The zero-order valence-corrected chi connectivity index (χ0v) is 8.64. The molecule has 1 heteroatoms. The van der Waals surface area contributed by atoms with E-state index in [1.165, 1.54) is 19.3 Å². The maximum atomic E-state index is 11.7. The molecule has 1 aliphatic carbocycles. The van der Waals surface area contributed by atoms with Crippen LogP contribution in [0.3, 0.4) is 0 Å². The van der Waals surface area contributed by atoms with Gasteiger partial charge in [0.05, 0.1) is 0 Å². The van der Waals surface area contributed by atoms with E-state index in [2.05, 4.69) is 6.58 Å². The van der Waals surface area contributed by atoms with E-state index in [-0.39, 0.29) is 5.92 Å². The fraction of sp³-hybridized carbons (Fsp3) is 0.750. The van der Waals surface area contributed by atoms with Gasteiger partial charge in [0.25, 0.3) is 0 Å². The van der Waals surface area contributed by atoms with E-state index in [0.29, 0.717) is 5.78 Å². The van der Waals surface area contributed by atoms with Gasteiger partial charge in [-0.1, -0.05) is 24.8 Å². The van der Waals surface area contributed by atoms with E-state index in [0.717, 1.165) is 31.3 Å². The molecule has 1 atom stereocenters. The van der Waals surface area contributed by atoms with Crippen molar-refractivity contribution in [1.82, 2.24) is 0 Å². The Bertz CT molecular complexity index is 193. The van der Waals surface area contributed by atoms with Gasteiger partial charge in [-0.05, 0) is 26.2 Å². The Labute approximate surface area is 81.2 Å². The molecule has 0 saturated heterocycles. The van der Waals surface area contributed by atoms with Gasteiger partial charge in [-0.3, -0.25) is 4.79 Å². The summed E-state index contributed by atoms with van der Waals surface area (Å²) >= 11 is 0. The second-order valence-corrected chi connectivity index (χ2v) is 4.28. The van der Waals surface area contributed by atoms with Crippen molar-refractivity contribution in [3.8, 4) is 0 Å². The monoisotopic (exact) mass is 180 g/mol. The number of ketones is 1. The Morgan fingerprint density at radius 1 is 1.38 bits per heavy atom. The van der Waals surface area contributed by atoms with Crippen molar-refractivity contribution in [2.24, 2.45) is 5.92 Å². The van der Waals surface area contributed by atoms with Crippen molar-refractivity contribution >= 4 is 5.78 Å². The predicted molar refractivity (Wildman–Crippen MR) is 55.6 cm³/mol. The van der Waals surface area contributed by atoms with Crippen LogP contribution in [0.5, 0.6) is 0 Å². The first-order chi connectivity index (χ1) is 6.20. The maximum Gasteiger partial charge on any atom is 0.136 e. The fourth-order valence-corrected chi connectivity index (χ4v) is 2.05. The van der Waals surface area contributed by atoms with Gasteiger partial charge < -0.3 is 0 Å². The topological polar surface area (TPSA) is 17.1 Å². The molecule has 0 radical (unpaired) electrons. The van der Waals surface area contributed by atoms with Crippen LogP contribution in [0.2, 0.25) is 0 Å². The van der Waals surface area contributed by atoms with Gasteiger partial charge in [-0.25, -0.2) is 0 Å². The summed E-state index contributed by atoms with van der Waals surface area (Å²) in [5.74, 6) is 0.764. The molecule has 0 aromatic carbocycles. The molecule has 0 amide bonds. The van der Waals surface area contributed by atoms with Gasteiger partial charge in [0.2, 0.25) is 0 Å². The Morgan fingerprint density at radius 3 is 2.77 bits per heavy atom. The molecule has 1 aliphatic rings. The highest BCUT2D eigenvalue weighted by atomic mass is 16.1. The van der Waals surface area contributed by atoms with Crippen LogP contribution in [-0.4, -0.2) is 5.78 Å². The van der Waals surface area contributed by atoms with Crippen molar-refractivity contribution in [3.63, 3.8) is 0 Å². The second kappa shape index (κ2) is 5.21. The zero-order valence-electron chi connectivity index (χ0n) is 8.64. The first-order valence-corrected chi connectivity index (χ1v) is 5.37. The highest BCUT2D eigenvalue weighted by Crippen LogP contribution is 2.24. The molecule has 1 rings (SSSR count). The van der Waals surface area contributed by atoms with Crippen molar-refractivity contribution < 1.29 is 4.79 Å². The minimum Gasteiger partial charge on any atom is -0.299 e. The molecule has 0 spiro atoms. The Balaban J connectivity index is 2.46. The summed E-state index contributed by atoms with van der Waals surface area (Å²) in [5.41, 5.74) is 1.15. The first kappa shape index (κ1) is 10.5. The second-order valence-electron chi connectivity index (χ2n) is 4.28. The van der Waals surface area contributed by atoms with Gasteiger partial charge in [0.1, 0.15) is 5.78 Å². The third-order valence-electron chi connectivity index (χ3n) is 2.78. The summed E-state index contributed by atoms with van der Waals surface area (Å²) < 4.78 is 0. The van der Waals surface area contributed by atoms with E-state index >= 15 is 0 Å². The van der Waals surface area contributed by atoms with Crippen LogP contribution >= 0.6 is 0 Å². The van der Waals surface area contributed by atoms with Gasteiger partial charge >= 0.3 is 0 Å². The summed E-state index contributed by atoms with van der Waals surface area (Å²) in [5, 5.41) is 0. The fourth-order valence-electron chi connectivity index (χ4n) is 2.05. The smallest absolute Gasteiger partial charge is 0.136 e. The molecule has 74 valence electrons. The number of Topliss-reactive ketones (excluding diaryl/α,β-unsaturated/α-hetero) is 1. The molecule has 0 heterocycles. The number of rotatable bonds is 2. The Hall–Kier alpha value is -0.590. The molecular weight excluding hydrogens is 160 g/mol. The van der Waals surface area contributed by atoms with Crippen LogP contribution in [0.25, 0.3) is 0 Å². The van der Waals surface area contributed by atoms with Crippen molar-refractivity contribution in [2.45, 2.75) is 51.9 Å². The van der Waals surface area contributed by atoms with Gasteiger partial charge in [-0.2, -0.15) is 0 Å². The lowest BCUT2D eigenvalue weighted by Gasteiger charge is -2.18. The standard InChI is InChI=1S/C12H20O/c1-10(2)9-11-7-5-3-4-6-8-12(11)13/h11H,1,3-9H2,2H3/t11-/m1/s1. The third kappa shape index (κ3) is 3.75. The van der Waals surface area contributed by atoms with Crippen LogP contribution in [-0.2, 0) is 4.79 Å². The quantitative estimate of drug-likeness (QED) is 0.594. The van der Waals surface area contributed by atoms with Crippen molar-refractivity contribution in [3.05, 3.63) is 12.2 Å². The van der Waals surface area contributed by atoms with Crippen LogP contribution in [0.1, 0.15) is 51.9 Å². The van der Waals surface area contributed by atoms with E-state index in [1.54, 1.807) is 0 Å². The van der Waals surface area contributed by atoms with Crippen LogP contribution < -0.4 is 0 Å². The SMILES string of the molecule is C=C(C)C[C@H]1CCCCCCC1=O. The molecule has 0 bridgehead atoms. The molecule has 0 aromatic heterocycles. The molecule has 13 heavy (non-hydrogen) atoms. The lowest BCUT2D eigenvalue weighted by Crippen LogP contribution is -2.16. The summed E-state index contributed by atoms with van der Waals surface area (Å²) in [6, 6.07) is 0. The molecule has 1 nitrogen and oxygen atoms in total. The maximum absolute atomic E-state index is 11.7. The number of carbonyl (C=O) groups is 1. The normalized spacial score (nSPS) is 25.0. The lowest BCUT2D eigenvalue weighted by molar-refractivity contribution is -0.123. The van der Waals surface area contributed by atoms with Crippen LogP contribution in [0.15, 0.2) is 12.2 Å². The first-order valence-electron chi connectivity index (χ1n) is 5.37. The van der Waals surface area contributed by atoms with Gasteiger partial charge in [0.15, 0.2) is 0 Å². The highest BCUT2D eigenvalue weighted by molar-refractivity contribution is 5.81. The van der Waals surface area contributed by atoms with E-state index in [4.69, 9.17) is 0 Å². The number of allylic oxidation sites excluding steroid dienone is 1. The molecule has 0 N–H and O–H groups in total. The summed E-state index contributed by atoms with van der Waals surface area (Å²) in [6.45, 7) is 5.91. The van der Waals surface area contributed by atoms with E-state index in [9.17, 15) is 4.79 Å². The number of hydrogen-bond acceptors (Lipinski definition) is 1. The van der Waals surface area contributed by atoms with Crippen LogP contribution in [0.4, 0.5) is 0 Å². The average molecular weight is 180 g/mol. The van der Waals surface area contributed by atoms with Crippen LogP contribution in [0, 0.1) is 5.92 Å². The van der Waals surface area contributed by atoms with Gasteiger partial charge in [0, 0.05) is 12.3 Å². The third-order valence-corrected chi connectivity index (χ3v) is 2.78. The molecule has 0 aromatic rings. The number of carbonyl (C=O) groups excluding carboxylic acids is 1. The number of hydrogen-bond donors (Lipinski definition) is 0. The van der Waals surface area contributed by atoms with Crippen molar-refractivity contribution in [1.29, 1.82) is 0 Å². The lowest BCUT2D eigenvalue weighted by atomic mass is 9.86. The summed E-state index contributed by atoms with van der Waals surface area (Å²) in [7, 11) is 0. The molecular formula is C12H20O. The van der Waals surface area contributed by atoms with E-state index < -0.39 is 0 Å². The highest BCUT2D eigenvalue weighted by Gasteiger charge is 2.19. The average Bonchev–Trinajstić information content (AvgIpc) is 2.04.